The molecular weight excluding hydrogens is 284 g/mol. The molecule has 3 heterocycles. The largest absolute Gasteiger partial charge is 0.353 e. The van der Waals surface area contributed by atoms with Gasteiger partial charge in [-0.15, -0.1) is 0 Å². The van der Waals surface area contributed by atoms with Crippen molar-refractivity contribution in [2.45, 2.75) is 25.9 Å². The zero-order valence-electron chi connectivity index (χ0n) is 12.9. The molecule has 0 aromatic carbocycles. The smallest absolute Gasteiger partial charge is 0.204 e. The Hall–Kier alpha value is -1.47. The van der Waals surface area contributed by atoms with E-state index in [4.69, 9.17) is 0 Å². The number of hydrogen-bond acceptors (Lipinski definition) is 6. The maximum atomic E-state index is 4.55. The van der Waals surface area contributed by atoms with Crippen LogP contribution in [0.4, 0.5) is 5.13 Å². The summed E-state index contributed by atoms with van der Waals surface area (Å²) in [6, 6.07) is 0. The maximum absolute atomic E-state index is 4.55. The fraction of sp³-hybridized carbons (Fsp3) is 0.643. The van der Waals surface area contributed by atoms with Crippen molar-refractivity contribution in [3.8, 4) is 0 Å². The Morgan fingerprint density at radius 3 is 3.00 bits per heavy atom. The van der Waals surface area contributed by atoms with Crippen LogP contribution in [0.25, 0.3) is 0 Å². The second-order valence-corrected chi connectivity index (χ2v) is 6.72. The highest BCUT2D eigenvalue weighted by molar-refractivity contribution is 7.09. The van der Waals surface area contributed by atoms with Gasteiger partial charge in [-0.3, -0.25) is 4.90 Å². The van der Waals surface area contributed by atoms with Gasteiger partial charge in [-0.25, -0.2) is 9.97 Å². The molecule has 0 aliphatic carbocycles. The predicted octanol–water partition coefficient (Wildman–Crippen LogP) is 1.49. The lowest BCUT2D eigenvalue weighted by Crippen LogP contribution is -2.31. The van der Waals surface area contributed by atoms with E-state index < -0.39 is 0 Å². The van der Waals surface area contributed by atoms with E-state index in [2.05, 4.69) is 37.1 Å². The van der Waals surface area contributed by atoms with Crippen LogP contribution >= 0.6 is 11.5 Å². The number of hydrogen-bond donors (Lipinski definition) is 0. The zero-order valence-corrected chi connectivity index (χ0v) is 13.7. The van der Waals surface area contributed by atoms with E-state index in [1.807, 2.05) is 25.2 Å². The molecule has 0 amide bonds. The van der Waals surface area contributed by atoms with Crippen LogP contribution in [0, 0.1) is 5.92 Å². The van der Waals surface area contributed by atoms with Crippen molar-refractivity contribution in [3.63, 3.8) is 0 Å². The molecule has 0 unspecified atom stereocenters. The Morgan fingerprint density at radius 1 is 1.38 bits per heavy atom. The zero-order chi connectivity index (χ0) is 14.8. The number of anilines is 1. The molecule has 0 saturated heterocycles. The summed E-state index contributed by atoms with van der Waals surface area (Å²) in [5, 5.41) is 0.971. The Kier molecular flexibility index (Phi) is 4.21. The molecule has 1 aliphatic rings. The molecule has 21 heavy (non-hydrogen) atoms. The lowest BCUT2D eigenvalue weighted by Gasteiger charge is -2.27. The summed E-state index contributed by atoms with van der Waals surface area (Å²) in [4.78, 5) is 13.3. The van der Waals surface area contributed by atoms with Gasteiger partial charge >= 0.3 is 0 Å². The molecule has 3 rings (SSSR count). The Bertz CT molecular complexity index is 590. The van der Waals surface area contributed by atoms with Gasteiger partial charge in [0.2, 0.25) is 5.13 Å². The van der Waals surface area contributed by atoms with Gasteiger partial charge in [0.25, 0.3) is 0 Å². The summed E-state index contributed by atoms with van der Waals surface area (Å²) in [6.07, 6.45) is 6.30. The third-order valence-electron chi connectivity index (χ3n) is 3.85. The first-order valence-corrected chi connectivity index (χ1v) is 8.07. The fourth-order valence-corrected chi connectivity index (χ4v) is 3.42. The quantitative estimate of drug-likeness (QED) is 0.838. The van der Waals surface area contributed by atoms with Crippen molar-refractivity contribution in [1.29, 1.82) is 0 Å². The highest BCUT2D eigenvalue weighted by atomic mass is 32.1. The molecule has 0 saturated carbocycles. The van der Waals surface area contributed by atoms with Gasteiger partial charge < -0.3 is 9.47 Å². The minimum atomic E-state index is 0.684. The van der Waals surface area contributed by atoms with Crippen molar-refractivity contribution < 1.29 is 0 Å². The van der Waals surface area contributed by atoms with Crippen LogP contribution < -0.4 is 4.90 Å². The van der Waals surface area contributed by atoms with Crippen LogP contribution in [0.15, 0.2) is 12.4 Å². The summed E-state index contributed by atoms with van der Waals surface area (Å²) in [7, 11) is 6.15. The van der Waals surface area contributed by atoms with Crippen LogP contribution in [0.3, 0.4) is 0 Å². The van der Waals surface area contributed by atoms with Crippen molar-refractivity contribution in [2.24, 2.45) is 5.92 Å². The average molecular weight is 306 g/mol. The second kappa shape index (κ2) is 6.11. The van der Waals surface area contributed by atoms with E-state index in [9.17, 15) is 0 Å². The molecule has 1 aliphatic heterocycles. The van der Waals surface area contributed by atoms with Gasteiger partial charge in [0.15, 0.2) is 5.82 Å². The summed E-state index contributed by atoms with van der Waals surface area (Å²) in [5.41, 5.74) is 0. The molecule has 7 heteroatoms. The van der Waals surface area contributed by atoms with E-state index in [1.165, 1.54) is 23.8 Å². The average Bonchev–Trinajstić information content (AvgIpc) is 3.06. The minimum Gasteiger partial charge on any atom is -0.353 e. The first kappa shape index (κ1) is 14.5. The Morgan fingerprint density at radius 2 is 2.24 bits per heavy atom. The molecular formula is C14H22N6S. The van der Waals surface area contributed by atoms with Gasteiger partial charge in [0.05, 0.1) is 6.54 Å². The van der Waals surface area contributed by atoms with E-state index in [-0.39, 0.29) is 0 Å². The summed E-state index contributed by atoms with van der Waals surface area (Å²) < 4.78 is 6.72. The van der Waals surface area contributed by atoms with Crippen molar-refractivity contribution >= 4 is 16.7 Å². The van der Waals surface area contributed by atoms with Gasteiger partial charge in [-0.2, -0.15) is 4.37 Å². The number of rotatable bonds is 5. The number of fused-ring (bicyclic) bond motifs is 1. The molecule has 0 bridgehead atoms. The molecule has 1 atom stereocenters. The summed E-state index contributed by atoms with van der Waals surface area (Å²) >= 11 is 1.46. The Labute approximate surface area is 129 Å². The second-order valence-electron chi connectivity index (χ2n) is 5.98. The third kappa shape index (κ3) is 3.41. The molecule has 0 fully saturated rings. The lowest BCUT2D eigenvalue weighted by molar-refractivity contribution is 0.226. The SMILES string of the molecule is CN(Cc1nsc(N(C)C)n1)C[C@H]1CCc2nccn2C1. The normalized spacial score (nSPS) is 18.0. The van der Waals surface area contributed by atoms with E-state index in [0.717, 1.165) is 37.0 Å². The maximum Gasteiger partial charge on any atom is 0.204 e. The van der Waals surface area contributed by atoms with Crippen LogP contribution in [0.5, 0.6) is 0 Å². The topological polar surface area (TPSA) is 50.1 Å². The highest BCUT2D eigenvalue weighted by Gasteiger charge is 2.20. The van der Waals surface area contributed by atoms with Crippen molar-refractivity contribution in [2.75, 3.05) is 32.6 Å². The predicted molar refractivity (Wildman–Crippen MR) is 84.6 cm³/mol. The minimum absolute atomic E-state index is 0.684. The van der Waals surface area contributed by atoms with Crippen LogP contribution in [-0.2, 0) is 19.5 Å². The highest BCUT2D eigenvalue weighted by Crippen LogP contribution is 2.20. The van der Waals surface area contributed by atoms with Gasteiger partial charge in [0.1, 0.15) is 5.82 Å². The number of aryl methyl sites for hydroxylation is 1. The van der Waals surface area contributed by atoms with Crippen LogP contribution in [-0.4, -0.2) is 51.5 Å². The van der Waals surface area contributed by atoms with Gasteiger partial charge in [-0.05, 0) is 19.4 Å². The number of imidazole rings is 1. The monoisotopic (exact) mass is 306 g/mol. The van der Waals surface area contributed by atoms with Crippen LogP contribution in [0.1, 0.15) is 18.1 Å². The number of aromatic nitrogens is 4. The molecule has 2 aromatic heterocycles. The van der Waals surface area contributed by atoms with Crippen LogP contribution in [0.2, 0.25) is 0 Å². The standard InChI is InChI=1S/C14H22N6S/c1-18(2)14-16-12(17-21-14)10-19(3)8-11-4-5-13-15-6-7-20(13)9-11/h6-7,11H,4-5,8-10H2,1-3H3/t11-/m1/s1. The first-order valence-electron chi connectivity index (χ1n) is 7.30. The molecule has 6 nitrogen and oxygen atoms in total. The molecule has 2 aromatic rings. The number of nitrogens with zero attached hydrogens (tertiary/aromatic N) is 6. The summed E-state index contributed by atoms with van der Waals surface area (Å²) in [5.74, 6) is 2.83. The fourth-order valence-electron chi connectivity index (χ4n) is 2.82. The van der Waals surface area contributed by atoms with E-state index >= 15 is 0 Å². The molecule has 114 valence electrons. The molecule has 0 spiro atoms. The molecule has 0 N–H and O–H groups in total. The third-order valence-corrected chi connectivity index (χ3v) is 4.78. The van der Waals surface area contributed by atoms with Crippen molar-refractivity contribution in [3.05, 3.63) is 24.0 Å². The lowest BCUT2D eigenvalue weighted by atomic mass is 9.99. The first-order chi connectivity index (χ1) is 10.1. The summed E-state index contributed by atoms with van der Waals surface area (Å²) in [6.45, 7) is 2.97. The Balaban J connectivity index is 1.53. The molecule has 0 radical (unpaired) electrons. The van der Waals surface area contributed by atoms with Crippen molar-refractivity contribution in [1.82, 2.24) is 23.8 Å². The van der Waals surface area contributed by atoms with Gasteiger partial charge in [-0.1, -0.05) is 0 Å². The van der Waals surface area contributed by atoms with E-state index in [1.54, 1.807) is 0 Å². The van der Waals surface area contributed by atoms with E-state index in [0.29, 0.717) is 5.92 Å². The van der Waals surface area contributed by atoms with Gasteiger partial charge in [0, 0.05) is 57.5 Å².